The van der Waals surface area contributed by atoms with E-state index in [-0.39, 0.29) is 21.0 Å². The molecule has 2 aromatic heterocycles. The molecule has 0 bridgehead atoms. The van der Waals surface area contributed by atoms with Crippen molar-refractivity contribution in [3.05, 3.63) is 40.4 Å². The van der Waals surface area contributed by atoms with E-state index in [1.807, 2.05) is 0 Å². The zero-order valence-electron chi connectivity index (χ0n) is 9.63. The second-order valence-electron chi connectivity index (χ2n) is 3.57. The van der Waals surface area contributed by atoms with Gasteiger partial charge in [0.05, 0.1) is 5.02 Å². The average Bonchev–Trinajstić information content (AvgIpc) is 2.26. The largest absolute Gasteiger partial charge is 0.267 e. The second-order valence-corrected chi connectivity index (χ2v) is 6.01. The molecule has 19 heavy (non-hydrogen) atoms. The number of hydrogen-bond acceptors (Lipinski definition) is 5. The van der Waals surface area contributed by atoms with Crippen molar-refractivity contribution in [2.45, 2.75) is 11.8 Å². The molecule has 0 amide bonds. The van der Waals surface area contributed by atoms with E-state index in [9.17, 15) is 8.42 Å². The lowest BCUT2D eigenvalue weighted by Gasteiger charge is -2.08. The van der Waals surface area contributed by atoms with Gasteiger partial charge in [0.15, 0.2) is 0 Å². The minimum absolute atomic E-state index is 0.0567. The minimum atomic E-state index is -3.91. The van der Waals surface area contributed by atoms with Crippen LogP contribution in [-0.2, 0) is 10.0 Å². The molecule has 0 aliphatic rings. The summed E-state index contributed by atoms with van der Waals surface area (Å²) in [6.07, 6.45) is 2.53. The first-order valence-electron chi connectivity index (χ1n) is 5.02. The lowest BCUT2D eigenvalue weighted by atomic mass is 10.5. The molecule has 0 atom stereocenters. The first kappa shape index (κ1) is 14.0. The highest BCUT2D eigenvalue weighted by Crippen LogP contribution is 2.21. The lowest BCUT2D eigenvalue weighted by Crippen LogP contribution is -2.16. The van der Waals surface area contributed by atoms with Gasteiger partial charge >= 0.3 is 0 Å². The maximum absolute atomic E-state index is 12.1. The summed E-state index contributed by atoms with van der Waals surface area (Å²) in [6, 6.07) is 2.89. The molecule has 9 heteroatoms. The highest BCUT2D eigenvalue weighted by atomic mass is 35.5. The zero-order chi connectivity index (χ0) is 14.0. The van der Waals surface area contributed by atoms with Gasteiger partial charge in [0.1, 0.15) is 10.0 Å². The molecular formula is C10H8Cl2N4O2S. The summed E-state index contributed by atoms with van der Waals surface area (Å²) < 4.78 is 26.4. The first-order chi connectivity index (χ1) is 8.88. The fourth-order valence-electron chi connectivity index (χ4n) is 1.31. The van der Waals surface area contributed by atoms with Gasteiger partial charge in [-0.1, -0.05) is 23.2 Å². The van der Waals surface area contributed by atoms with Crippen LogP contribution >= 0.6 is 23.2 Å². The van der Waals surface area contributed by atoms with Crippen LogP contribution in [0.25, 0.3) is 0 Å². The molecule has 0 saturated carbocycles. The number of halogens is 2. The molecule has 0 fully saturated rings. The Hall–Kier alpha value is -1.44. The van der Waals surface area contributed by atoms with E-state index >= 15 is 0 Å². The van der Waals surface area contributed by atoms with Gasteiger partial charge in [-0.25, -0.2) is 23.1 Å². The third kappa shape index (κ3) is 3.31. The summed E-state index contributed by atoms with van der Waals surface area (Å²) >= 11 is 11.5. The molecular weight excluding hydrogens is 311 g/mol. The average molecular weight is 319 g/mol. The fourth-order valence-corrected chi connectivity index (χ4v) is 2.93. The van der Waals surface area contributed by atoms with Crippen LogP contribution in [-0.4, -0.2) is 23.4 Å². The molecule has 100 valence electrons. The number of anilines is 1. The Kier molecular flexibility index (Phi) is 3.88. The van der Waals surface area contributed by atoms with Crippen LogP contribution in [0.1, 0.15) is 5.69 Å². The molecule has 0 aliphatic carbocycles. The molecule has 2 heterocycles. The molecule has 0 unspecified atom stereocenters. The minimum Gasteiger partial charge on any atom is -0.263 e. The number of rotatable bonds is 3. The van der Waals surface area contributed by atoms with Crippen LogP contribution in [0.15, 0.2) is 29.4 Å². The molecule has 0 radical (unpaired) electrons. The van der Waals surface area contributed by atoms with Gasteiger partial charge in [-0.3, -0.25) is 4.98 Å². The standard InChI is InChI=1S/C10H8Cl2N4O2S/c1-6-4-9(12)15-10(14-6)16-19(17,18)8-5-13-3-2-7(8)11/h2-5H,1H3,(H,14,15,16). The van der Waals surface area contributed by atoms with Crippen LogP contribution < -0.4 is 4.72 Å². The Morgan fingerprint density at radius 2 is 2.00 bits per heavy atom. The normalized spacial score (nSPS) is 11.3. The highest BCUT2D eigenvalue weighted by Gasteiger charge is 2.19. The number of nitrogens with zero attached hydrogens (tertiary/aromatic N) is 3. The SMILES string of the molecule is Cc1cc(Cl)nc(NS(=O)(=O)c2cnccc2Cl)n1. The number of nitrogens with one attached hydrogen (secondary N) is 1. The smallest absolute Gasteiger partial charge is 0.263 e. The van der Waals surface area contributed by atoms with Gasteiger partial charge in [0, 0.05) is 18.1 Å². The highest BCUT2D eigenvalue weighted by molar-refractivity contribution is 7.92. The Bertz CT molecular complexity index is 701. The molecule has 1 N–H and O–H groups in total. The van der Waals surface area contributed by atoms with Gasteiger partial charge in [-0.15, -0.1) is 0 Å². The number of pyridine rings is 1. The predicted octanol–water partition coefficient (Wildman–Crippen LogP) is 2.29. The number of aryl methyl sites for hydroxylation is 1. The van der Waals surface area contributed by atoms with Crippen LogP contribution in [0.5, 0.6) is 0 Å². The summed E-state index contributed by atoms with van der Waals surface area (Å²) in [7, 11) is -3.91. The van der Waals surface area contributed by atoms with Crippen molar-refractivity contribution in [1.82, 2.24) is 15.0 Å². The van der Waals surface area contributed by atoms with Crippen molar-refractivity contribution in [1.29, 1.82) is 0 Å². The third-order valence-corrected chi connectivity index (χ3v) is 4.06. The molecule has 0 spiro atoms. The maximum Gasteiger partial charge on any atom is 0.267 e. The van der Waals surface area contributed by atoms with Gasteiger partial charge in [-0.2, -0.15) is 0 Å². The Morgan fingerprint density at radius 3 is 2.63 bits per heavy atom. The molecule has 2 rings (SSSR count). The van der Waals surface area contributed by atoms with Crippen molar-refractivity contribution in [2.24, 2.45) is 0 Å². The van der Waals surface area contributed by atoms with Gasteiger partial charge in [0.25, 0.3) is 10.0 Å². The summed E-state index contributed by atoms with van der Waals surface area (Å²) in [4.78, 5) is 11.3. The van der Waals surface area contributed by atoms with E-state index in [4.69, 9.17) is 23.2 Å². The van der Waals surface area contributed by atoms with E-state index in [0.29, 0.717) is 5.69 Å². The van der Waals surface area contributed by atoms with Gasteiger partial charge in [0.2, 0.25) is 5.95 Å². The van der Waals surface area contributed by atoms with E-state index in [2.05, 4.69) is 19.7 Å². The van der Waals surface area contributed by atoms with Crippen LogP contribution in [0.2, 0.25) is 10.2 Å². The topological polar surface area (TPSA) is 84.8 Å². The molecule has 6 nitrogen and oxygen atoms in total. The van der Waals surface area contributed by atoms with Crippen LogP contribution in [0, 0.1) is 6.92 Å². The van der Waals surface area contributed by atoms with Crippen molar-refractivity contribution in [3.8, 4) is 0 Å². The number of hydrogen-bond donors (Lipinski definition) is 1. The van der Waals surface area contributed by atoms with E-state index in [0.717, 1.165) is 6.20 Å². The molecule has 2 aromatic rings. The van der Waals surface area contributed by atoms with E-state index in [1.54, 1.807) is 6.92 Å². The Morgan fingerprint density at radius 1 is 1.26 bits per heavy atom. The first-order valence-corrected chi connectivity index (χ1v) is 7.26. The monoisotopic (exact) mass is 318 g/mol. The van der Waals surface area contributed by atoms with Crippen LogP contribution in [0.3, 0.4) is 0 Å². The van der Waals surface area contributed by atoms with Crippen LogP contribution in [0.4, 0.5) is 5.95 Å². The molecule has 0 aromatic carbocycles. The molecule has 0 aliphatic heterocycles. The predicted molar refractivity (Wildman–Crippen MR) is 71.8 cm³/mol. The molecule has 0 saturated heterocycles. The summed E-state index contributed by atoms with van der Waals surface area (Å²) in [5, 5.41) is 0.198. The quantitative estimate of drug-likeness (QED) is 0.877. The third-order valence-electron chi connectivity index (χ3n) is 2.07. The van der Waals surface area contributed by atoms with Crippen molar-refractivity contribution in [2.75, 3.05) is 4.72 Å². The van der Waals surface area contributed by atoms with Crippen molar-refractivity contribution < 1.29 is 8.42 Å². The lowest BCUT2D eigenvalue weighted by molar-refractivity contribution is 0.600. The Balaban J connectivity index is 2.39. The van der Waals surface area contributed by atoms with Gasteiger partial charge in [-0.05, 0) is 19.1 Å². The summed E-state index contributed by atoms with van der Waals surface area (Å²) in [5.41, 5.74) is 0.537. The zero-order valence-corrected chi connectivity index (χ0v) is 12.0. The number of aromatic nitrogens is 3. The van der Waals surface area contributed by atoms with Gasteiger partial charge < -0.3 is 0 Å². The number of sulfonamides is 1. The maximum atomic E-state index is 12.1. The van der Waals surface area contributed by atoms with Crippen molar-refractivity contribution >= 4 is 39.2 Å². The van der Waals surface area contributed by atoms with E-state index < -0.39 is 10.0 Å². The summed E-state index contributed by atoms with van der Waals surface area (Å²) in [5.74, 6) is -0.120. The Labute approximate surface area is 119 Å². The fraction of sp³-hybridized carbons (Fsp3) is 0.100. The summed E-state index contributed by atoms with van der Waals surface area (Å²) in [6.45, 7) is 1.67. The van der Waals surface area contributed by atoms with E-state index in [1.165, 1.54) is 18.3 Å². The van der Waals surface area contributed by atoms with Crippen molar-refractivity contribution in [3.63, 3.8) is 0 Å². The second kappa shape index (κ2) is 5.28.